The molecule has 1 saturated carbocycles. The molecule has 0 unspecified atom stereocenters. The van der Waals surface area contributed by atoms with Crippen LogP contribution in [0.15, 0.2) is 12.4 Å². The summed E-state index contributed by atoms with van der Waals surface area (Å²) >= 11 is 0. The van der Waals surface area contributed by atoms with Gasteiger partial charge in [-0.05, 0) is 46.1 Å². The van der Waals surface area contributed by atoms with Gasteiger partial charge in [0.05, 0.1) is 12.5 Å². The molecule has 2 fully saturated rings. The monoisotopic (exact) mass is 346 g/mol. The highest BCUT2D eigenvalue weighted by Gasteiger charge is 2.33. The highest BCUT2D eigenvalue weighted by molar-refractivity contribution is 5.79. The Morgan fingerprint density at radius 3 is 2.64 bits per heavy atom. The maximum atomic E-state index is 13.3. The second-order valence-electron chi connectivity index (χ2n) is 8.14. The van der Waals surface area contributed by atoms with Crippen LogP contribution in [0, 0.1) is 5.92 Å². The van der Waals surface area contributed by atoms with Gasteiger partial charge in [-0.3, -0.25) is 9.69 Å². The van der Waals surface area contributed by atoms with Crippen LogP contribution in [-0.2, 0) is 18.4 Å². The number of amides is 1. The predicted octanol–water partition coefficient (Wildman–Crippen LogP) is 3.20. The molecule has 25 heavy (non-hydrogen) atoms. The number of carbonyl (C=O) groups excluding carboxylic acids is 1. The molecule has 1 aliphatic carbocycles. The van der Waals surface area contributed by atoms with Crippen LogP contribution < -0.4 is 0 Å². The number of hydrogen-bond acceptors (Lipinski definition) is 3. The van der Waals surface area contributed by atoms with Gasteiger partial charge >= 0.3 is 0 Å². The molecule has 2 aliphatic rings. The molecule has 0 aromatic carbocycles. The quantitative estimate of drug-likeness (QED) is 0.822. The summed E-state index contributed by atoms with van der Waals surface area (Å²) in [5.74, 6) is 1.43. The summed E-state index contributed by atoms with van der Waals surface area (Å²) < 4.78 is 2.01. The molecule has 2 heterocycles. The van der Waals surface area contributed by atoms with Crippen molar-refractivity contribution >= 4 is 5.91 Å². The van der Waals surface area contributed by atoms with Gasteiger partial charge in [0.25, 0.3) is 0 Å². The first kappa shape index (κ1) is 18.4. The van der Waals surface area contributed by atoms with E-state index in [-0.39, 0.29) is 12.0 Å². The summed E-state index contributed by atoms with van der Waals surface area (Å²) in [5.41, 5.74) is 0. The number of imidazole rings is 1. The van der Waals surface area contributed by atoms with Gasteiger partial charge in [-0.2, -0.15) is 0 Å². The molecule has 0 N–H and O–H groups in total. The van der Waals surface area contributed by atoms with Gasteiger partial charge in [0.2, 0.25) is 5.91 Å². The molecule has 1 aromatic heterocycles. The molecule has 1 atom stereocenters. The van der Waals surface area contributed by atoms with Crippen molar-refractivity contribution in [2.45, 2.75) is 77.4 Å². The summed E-state index contributed by atoms with van der Waals surface area (Å²) in [4.78, 5) is 22.3. The van der Waals surface area contributed by atoms with E-state index in [1.165, 1.54) is 38.6 Å². The Hall–Kier alpha value is -1.36. The Bertz CT molecular complexity index is 562. The van der Waals surface area contributed by atoms with Crippen molar-refractivity contribution in [1.82, 2.24) is 19.4 Å². The minimum atomic E-state index is 0.151. The fraction of sp³-hybridized carbons (Fsp3) is 0.800. The maximum absolute atomic E-state index is 13.3. The molecule has 1 aromatic rings. The lowest BCUT2D eigenvalue weighted by Gasteiger charge is -2.41. The fourth-order valence-corrected chi connectivity index (χ4v) is 4.44. The second-order valence-corrected chi connectivity index (χ2v) is 8.14. The van der Waals surface area contributed by atoms with Crippen LogP contribution in [0.4, 0.5) is 0 Å². The standard InChI is InChI=1S/C20H34N4O/c1-16(2)24(15-19-21-11-13-22(19)3)20(25)17-8-7-12-23(14-17)18-9-5-4-6-10-18/h11,13,16-18H,4-10,12,14-15H2,1-3H3/t17-/m1/s1. The molecule has 5 nitrogen and oxygen atoms in total. The Morgan fingerprint density at radius 2 is 2.00 bits per heavy atom. The SMILES string of the molecule is CC(C)N(Cc1nccn1C)C(=O)[C@@H]1CCCN(C2CCCCC2)C1. The lowest BCUT2D eigenvalue weighted by atomic mass is 9.89. The van der Waals surface area contributed by atoms with E-state index in [2.05, 4.69) is 23.7 Å². The van der Waals surface area contributed by atoms with Crippen molar-refractivity contribution in [2.75, 3.05) is 13.1 Å². The van der Waals surface area contributed by atoms with E-state index in [1.54, 1.807) is 0 Å². The molecule has 0 radical (unpaired) electrons. The van der Waals surface area contributed by atoms with Crippen LogP contribution in [0.5, 0.6) is 0 Å². The predicted molar refractivity (Wildman–Crippen MR) is 100 cm³/mol. The second kappa shape index (κ2) is 8.35. The minimum Gasteiger partial charge on any atom is -0.337 e. The Balaban J connectivity index is 1.65. The number of piperidine rings is 1. The van der Waals surface area contributed by atoms with Gasteiger partial charge in [0, 0.05) is 38.1 Å². The first-order valence-electron chi connectivity index (χ1n) is 10.1. The Labute approximate surface area is 152 Å². The fourth-order valence-electron chi connectivity index (χ4n) is 4.44. The summed E-state index contributed by atoms with van der Waals surface area (Å²) in [7, 11) is 2.00. The number of rotatable bonds is 5. The highest BCUT2D eigenvalue weighted by atomic mass is 16.2. The Kier molecular flexibility index (Phi) is 6.15. The molecule has 0 bridgehead atoms. The van der Waals surface area contributed by atoms with Crippen LogP contribution in [0.3, 0.4) is 0 Å². The molecule has 3 rings (SSSR count). The zero-order chi connectivity index (χ0) is 17.8. The van der Waals surface area contributed by atoms with E-state index in [1.807, 2.05) is 28.9 Å². The number of aryl methyl sites for hydroxylation is 1. The van der Waals surface area contributed by atoms with E-state index in [0.29, 0.717) is 18.5 Å². The average Bonchev–Trinajstić information content (AvgIpc) is 3.04. The van der Waals surface area contributed by atoms with Crippen molar-refractivity contribution < 1.29 is 4.79 Å². The van der Waals surface area contributed by atoms with E-state index in [4.69, 9.17) is 0 Å². The van der Waals surface area contributed by atoms with Crippen LogP contribution in [0.2, 0.25) is 0 Å². The highest BCUT2D eigenvalue weighted by Crippen LogP contribution is 2.28. The smallest absolute Gasteiger partial charge is 0.227 e. The van der Waals surface area contributed by atoms with Gasteiger partial charge in [-0.15, -0.1) is 0 Å². The normalized spacial score (nSPS) is 23.1. The zero-order valence-electron chi connectivity index (χ0n) is 16.2. The third kappa shape index (κ3) is 4.43. The van der Waals surface area contributed by atoms with Gasteiger partial charge < -0.3 is 9.47 Å². The maximum Gasteiger partial charge on any atom is 0.227 e. The van der Waals surface area contributed by atoms with Gasteiger partial charge in [0.15, 0.2) is 0 Å². The number of hydrogen-bond donors (Lipinski definition) is 0. The number of nitrogens with zero attached hydrogens (tertiary/aromatic N) is 4. The molecule has 5 heteroatoms. The van der Waals surface area contributed by atoms with Crippen molar-refractivity contribution in [3.8, 4) is 0 Å². The van der Waals surface area contributed by atoms with E-state index < -0.39 is 0 Å². The average molecular weight is 347 g/mol. The summed E-state index contributed by atoms with van der Waals surface area (Å²) in [5, 5.41) is 0. The molecular formula is C20H34N4O. The zero-order valence-corrected chi connectivity index (χ0v) is 16.2. The summed E-state index contributed by atoms with van der Waals surface area (Å²) in [6, 6.07) is 0.917. The van der Waals surface area contributed by atoms with E-state index >= 15 is 0 Å². The number of aromatic nitrogens is 2. The first-order valence-corrected chi connectivity index (χ1v) is 10.1. The molecular weight excluding hydrogens is 312 g/mol. The van der Waals surface area contributed by atoms with E-state index in [0.717, 1.165) is 25.2 Å². The van der Waals surface area contributed by atoms with Crippen LogP contribution in [0.25, 0.3) is 0 Å². The third-order valence-electron chi connectivity index (χ3n) is 6.03. The topological polar surface area (TPSA) is 41.4 Å². The van der Waals surface area contributed by atoms with Gasteiger partial charge in [-0.25, -0.2) is 4.98 Å². The van der Waals surface area contributed by atoms with E-state index in [9.17, 15) is 4.79 Å². The number of carbonyl (C=O) groups is 1. The van der Waals surface area contributed by atoms with Crippen molar-refractivity contribution in [1.29, 1.82) is 0 Å². The van der Waals surface area contributed by atoms with Crippen molar-refractivity contribution in [3.05, 3.63) is 18.2 Å². The minimum absolute atomic E-state index is 0.151. The Morgan fingerprint density at radius 1 is 1.24 bits per heavy atom. The lowest BCUT2D eigenvalue weighted by Crippen LogP contribution is -2.49. The first-order chi connectivity index (χ1) is 12.1. The lowest BCUT2D eigenvalue weighted by molar-refractivity contribution is -0.140. The molecule has 0 spiro atoms. The molecule has 140 valence electrons. The van der Waals surface area contributed by atoms with Crippen LogP contribution >= 0.6 is 0 Å². The third-order valence-corrected chi connectivity index (χ3v) is 6.03. The summed E-state index contributed by atoms with van der Waals surface area (Å²) in [6.45, 7) is 6.97. The molecule has 1 saturated heterocycles. The van der Waals surface area contributed by atoms with Crippen molar-refractivity contribution in [2.24, 2.45) is 13.0 Å². The number of likely N-dealkylation sites (tertiary alicyclic amines) is 1. The largest absolute Gasteiger partial charge is 0.337 e. The van der Waals surface area contributed by atoms with Crippen LogP contribution in [-0.4, -0.2) is 50.4 Å². The molecule has 1 amide bonds. The summed E-state index contributed by atoms with van der Waals surface area (Å²) in [6.07, 6.45) is 12.7. The van der Waals surface area contributed by atoms with Crippen molar-refractivity contribution in [3.63, 3.8) is 0 Å². The van der Waals surface area contributed by atoms with Gasteiger partial charge in [0.1, 0.15) is 5.82 Å². The van der Waals surface area contributed by atoms with Crippen LogP contribution in [0.1, 0.15) is 64.6 Å². The van der Waals surface area contributed by atoms with Gasteiger partial charge in [-0.1, -0.05) is 19.3 Å². The molecule has 1 aliphatic heterocycles.